The van der Waals surface area contributed by atoms with Crippen LogP contribution in [0.25, 0.3) is 0 Å². The van der Waals surface area contributed by atoms with E-state index in [2.05, 4.69) is 20.6 Å². The molecule has 0 aliphatic heterocycles. The van der Waals surface area contributed by atoms with Crippen LogP contribution in [0.1, 0.15) is 0 Å². The molecule has 0 bridgehead atoms. The zero-order chi connectivity index (χ0) is 13.1. The first-order valence-corrected chi connectivity index (χ1v) is 5.02. The van der Waals surface area contributed by atoms with Gasteiger partial charge in [-0.2, -0.15) is 4.98 Å². The summed E-state index contributed by atoms with van der Waals surface area (Å²) in [5, 5.41) is 4.98. The molecule has 1 heterocycles. The van der Waals surface area contributed by atoms with Crippen molar-refractivity contribution < 1.29 is 13.2 Å². The van der Waals surface area contributed by atoms with Crippen molar-refractivity contribution in [3.8, 4) is 0 Å². The Labute approximate surface area is 101 Å². The normalized spacial score (nSPS) is 10.2. The van der Waals surface area contributed by atoms with E-state index in [1.165, 1.54) is 0 Å². The number of hydrogen-bond acceptors (Lipinski definition) is 4. The van der Waals surface area contributed by atoms with Crippen LogP contribution in [0.4, 0.5) is 30.6 Å². The van der Waals surface area contributed by atoms with Gasteiger partial charge in [0.2, 0.25) is 5.95 Å². The summed E-state index contributed by atoms with van der Waals surface area (Å²) in [4.78, 5) is 7.39. The summed E-state index contributed by atoms with van der Waals surface area (Å²) >= 11 is 0. The molecule has 0 aliphatic carbocycles. The number of aromatic nitrogens is 2. The van der Waals surface area contributed by atoms with E-state index in [1.807, 2.05) is 0 Å². The van der Waals surface area contributed by atoms with Gasteiger partial charge < -0.3 is 10.6 Å². The van der Waals surface area contributed by atoms with Crippen LogP contribution in [-0.4, -0.2) is 17.0 Å². The molecule has 1 aromatic carbocycles. The van der Waals surface area contributed by atoms with E-state index in [0.717, 1.165) is 24.4 Å². The predicted molar refractivity (Wildman–Crippen MR) is 61.2 cm³/mol. The number of anilines is 3. The molecule has 0 unspecified atom stereocenters. The number of halogens is 3. The zero-order valence-corrected chi connectivity index (χ0v) is 9.34. The second kappa shape index (κ2) is 4.91. The zero-order valence-electron chi connectivity index (χ0n) is 9.34. The van der Waals surface area contributed by atoms with Crippen molar-refractivity contribution in [2.24, 2.45) is 0 Å². The predicted octanol–water partition coefficient (Wildman–Crippen LogP) is 2.68. The van der Waals surface area contributed by atoms with Crippen LogP contribution in [0.5, 0.6) is 0 Å². The quantitative estimate of drug-likeness (QED) is 0.884. The second-order valence-electron chi connectivity index (χ2n) is 3.39. The summed E-state index contributed by atoms with van der Waals surface area (Å²) in [5.74, 6) is -2.19. The van der Waals surface area contributed by atoms with Gasteiger partial charge in [0.1, 0.15) is 11.6 Å². The van der Waals surface area contributed by atoms with E-state index in [9.17, 15) is 13.2 Å². The van der Waals surface area contributed by atoms with E-state index < -0.39 is 17.5 Å². The Morgan fingerprint density at radius 2 is 1.89 bits per heavy atom. The fourth-order valence-electron chi connectivity index (χ4n) is 1.30. The van der Waals surface area contributed by atoms with Crippen LogP contribution in [0, 0.1) is 17.5 Å². The van der Waals surface area contributed by atoms with Gasteiger partial charge in [-0.1, -0.05) is 0 Å². The summed E-state index contributed by atoms with van der Waals surface area (Å²) in [5.41, 5.74) is -0.199. The molecule has 0 fully saturated rings. The van der Waals surface area contributed by atoms with Crippen molar-refractivity contribution in [1.29, 1.82) is 0 Å². The van der Waals surface area contributed by atoms with Gasteiger partial charge in [0, 0.05) is 13.1 Å². The van der Waals surface area contributed by atoms with E-state index in [-0.39, 0.29) is 17.5 Å². The number of hydrogen-bond donors (Lipinski definition) is 2. The molecular weight excluding hydrogens is 245 g/mol. The first-order valence-electron chi connectivity index (χ1n) is 5.02. The van der Waals surface area contributed by atoms with Crippen LogP contribution < -0.4 is 10.6 Å². The molecule has 0 atom stereocenters. The first kappa shape index (κ1) is 12.2. The van der Waals surface area contributed by atoms with Crippen molar-refractivity contribution in [2.45, 2.75) is 0 Å². The van der Waals surface area contributed by atoms with Gasteiger partial charge in [0.05, 0.1) is 11.9 Å². The minimum Gasteiger partial charge on any atom is -0.357 e. The standard InChI is InChI=1S/C11H9F3N4/c1-15-11-16-5-8(14)10(18-11)17-9-4-6(12)2-3-7(9)13/h2-5H,1H3,(H2,15,16,17,18). The molecule has 18 heavy (non-hydrogen) atoms. The Balaban J connectivity index is 2.36. The van der Waals surface area contributed by atoms with Gasteiger partial charge in [0.25, 0.3) is 0 Å². The SMILES string of the molecule is CNc1ncc(F)c(Nc2cc(F)ccc2F)n1. The van der Waals surface area contributed by atoms with Crippen molar-refractivity contribution in [1.82, 2.24) is 9.97 Å². The Kier molecular flexibility index (Phi) is 3.31. The molecular formula is C11H9F3N4. The van der Waals surface area contributed by atoms with Gasteiger partial charge >= 0.3 is 0 Å². The van der Waals surface area contributed by atoms with Crippen molar-refractivity contribution in [3.63, 3.8) is 0 Å². The van der Waals surface area contributed by atoms with Crippen LogP contribution in [-0.2, 0) is 0 Å². The van der Waals surface area contributed by atoms with Crippen molar-refractivity contribution in [3.05, 3.63) is 41.8 Å². The Bertz CT molecular complexity index is 574. The largest absolute Gasteiger partial charge is 0.357 e. The molecule has 4 nitrogen and oxygen atoms in total. The molecule has 7 heteroatoms. The maximum atomic E-state index is 13.4. The van der Waals surface area contributed by atoms with Gasteiger partial charge in [-0.25, -0.2) is 18.2 Å². The molecule has 0 saturated heterocycles. The Hall–Kier alpha value is -2.31. The number of nitrogens with zero attached hydrogens (tertiary/aromatic N) is 2. The molecule has 2 rings (SSSR count). The van der Waals surface area contributed by atoms with Gasteiger partial charge in [-0.3, -0.25) is 0 Å². The highest BCUT2D eigenvalue weighted by Crippen LogP contribution is 2.21. The minimum absolute atomic E-state index is 0.163. The average molecular weight is 254 g/mol. The number of benzene rings is 1. The van der Waals surface area contributed by atoms with Crippen molar-refractivity contribution in [2.75, 3.05) is 17.7 Å². The molecule has 2 N–H and O–H groups in total. The average Bonchev–Trinajstić information content (AvgIpc) is 2.36. The van der Waals surface area contributed by atoms with Gasteiger partial charge in [-0.15, -0.1) is 0 Å². The molecule has 0 amide bonds. The maximum Gasteiger partial charge on any atom is 0.224 e. The Morgan fingerprint density at radius 3 is 2.61 bits per heavy atom. The minimum atomic E-state index is -0.766. The smallest absolute Gasteiger partial charge is 0.224 e. The van der Waals surface area contributed by atoms with E-state index in [1.54, 1.807) is 7.05 Å². The summed E-state index contributed by atoms with van der Waals surface area (Å²) in [6.07, 6.45) is 0.929. The molecule has 0 spiro atoms. The second-order valence-corrected chi connectivity index (χ2v) is 3.39. The molecule has 2 aromatic rings. The third kappa shape index (κ3) is 2.50. The monoisotopic (exact) mass is 254 g/mol. The third-order valence-corrected chi connectivity index (χ3v) is 2.15. The molecule has 0 radical (unpaired) electrons. The van der Waals surface area contributed by atoms with E-state index in [0.29, 0.717) is 0 Å². The summed E-state index contributed by atoms with van der Waals surface area (Å²) < 4.78 is 39.7. The number of nitrogens with one attached hydrogen (secondary N) is 2. The highest BCUT2D eigenvalue weighted by Gasteiger charge is 2.10. The first-order chi connectivity index (χ1) is 8.60. The number of rotatable bonds is 3. The third-order valence-electron chi connectivity index (χ3n) is 2.15. The topological polar surface area (TPSA) is 49.8 Å². The summed E-state index contributed by atoms with van der Waals surface area (Å²) in [6, 6.07) is 2.82. The van der Waals surface area contributed by atoms with E-state index in [4.69, 9.17) is 0 Å². The van der Waals surface area contributed by atoms with Crippen LogP contribution in [0.2, 0.25) is 0 Å². The lowest BCUT2D eigenvalue weighted by Crippen LogP contribution is -2.04. The summed E-state index contributed by atoms with van der Waals surface area (Å²) in [7, 11) is 1.56. The maximum absolute atomic E-state index is 13.4. The van der Waals surface area contributed by atoms with Crippen LogP contribution >= 0.6 is 0 Å². The molecule has 0 saturated carbocycles. The lowest BCUT2D eigenvalue weighted by atomic mass is 10.3. The molecule has 1 aromatic heterocycles. The van der Waals surface area contributed by atoms with Crippen LogP contribution in [0.15, 0.2) is 24.4 Å². The lowest BCUT2D eigenvalue weighted by Gasteiger charge is -2.08. The highest BCUT2D eigenvalue weighted by atomic mass is 19.1. The molecule has 94 valence electrons. The fourth-order valence-corrected chi connectivity index (χ4v) is 1.30. The van der Waals surface area contributed by atoms with Gasteiger partial charge in [0.15, 0.2) is 11.6 Å². The van der Waals surface area contributed by atoms with Crippen LogP contribution in [0.3, 0.4) is 0 Å². The lowest BCUT2D eigenvalue weighted by molar-refractivity contribution is 0.601. The van der Waals surface area contributed by atoms with E-state index >= 15 is 0 Å². The Morgan fingerprint density at radius 1 is 1.11 bits per heavy atom. The van der Waals surface area contributed by atoms with Gasteiger partial charge in [-0.05, 0) is 12.1 Å². The summed E-state index contributed by atoms with van der Waals surface area (Å²) in [6.45, 7) is 0. The van der Waals surface area contributed by atoms with Crippen molar-refractivity contribution >= 4 is 17.5 Å². The fraction of sp³-hybridized carbons (Fsp3) is 0.0909. The highest BCUT2D eigenvalue weighted by molar-refractivity contribution is 5.58. The molecule has 0 aliphatic rings.